The molecule has 7 nitrogen and oxygen atoms in total. The number of amides is 3. The van der Waals surface area contributed by atoms with Crippen LogP contribution in [0.25, 0.3) is 0 Å². The quantitative estimate of drug-likeness (QED) is 0.383. The number of nitrogens with zero attached hydrogens (tertiary/aromatic N) is 1. The molecule has 3 amide bonds. The molecule has 84 valence electrons. The lowest BCUT2D eigenvalue weighted by Crippen LogP contribution is -2.53. The third kappa shape index (κ3) is 3.94. The van der Waals surface area contributed by atoms with Gasteiger partial charge in [0.25, 0.3) is 0 Å². The molecule has 0 bridgehead atoms. The smallest absolute Gasteiger partial charge is 0.241 e. The van der Waals surface area contributed by atoms with Gasteiger partial charge in [-0.05, 0) is 0 Å². The fourth-order valence-electron chi connectivity index (χ4n) is 1.16. The second-order valence-corrected chi connectivity index (χ2v) is 3.19. The van der Waals surface area contributed by atoms with Crippen molar-refractivity contribution < 1.29 is 14.4 Å². The molecule has 0 spiro atoms. The number of hydrazine groups is 2. The van der Waals surface area contributed by atoms with Gasteiger partial charge in [0.2, 0.25) is 17.7 Å². The summed E-state index contributed by atoms with van der Waals surface area (Å²) in [5, 5.41) is 1.25. The number of nitrogens with one attached hydrogen (secondary N) is 3. The van der Waals surface area contributed by atoms with Crippen molar-refractivity contribution in [2.45, 2.75) is 19.8 Å². The third-order valence-corrected chi connectivity index (χ3v) is 1.85. The van der Waals surface area contributed by atoms with Gasteiger partial charge < -0.3 is 0 Å². The molecular weight excluding hydrogens is 200 g/mol. The van der Waals surface area contributed by atoms with Crippen LogP contribution < -0.4 is 16.3 Å². The first kappa shape index (κ1) is 11.4. The minimum Gasteiger partial charge on any atom is -0.292 e. The van der Waals surface area contributed by atoms with E-state index in [1.807, 2.05) is 0 Å². The molecule has 1 heterocycles. The SMILES string of the molecule is CC(=O)NNCCN1NC(=O)CCC1=O. The Labute approximate surface area is 87.1 Å². The third-order valence-electron chi connectivity index (χ3n) is 1.85. The minimum atomic E-state index is -0.205. The van der Waals surface area contributed by atoms with Crippen molar-refractivity contribution in [3.8, 4) is 0 Å². The molecule has 0 aromatic heterocycles. The van der Waals surface area contributed by atoms with Crippen LogP contribution in [0.15, 0.2) is 0 Å². The van der Waals surface area contributed by atoms with Gasteiger partial charge in [-0.25, -0.2) is 5.43 Å². The van der Waals surface area contributed by atoms with Crippen molar-refractivity contribution in [2.24, 2.45) is 0 Å². The van der Waals surface area contributed by atoms with Crippen LogP contribution in [0.4, 0.5) is 0 Å². The highest BCUT2D eigenvalue weighted by atomic mass is 16.2. The monoisotopic (exact) mass is 214 g/mol. The average Bonchev–Trinajstić information content (AvgIpc) is 2.17. The van der Waals surface area contributed by atoms with Gasteiger partial charge in [-0.3, -0.25) is 30.2 Å². The van der Waals surface area contributed by atoms with Crippen LogP contribution in [-0.2, 0) is 14.4 Å². The van der Waals surface area contributed by atoms with E-state index in [1.165, 1.54) is 11.9 Å². The highest BCUT2D eigenvalue weighted by molar-refractivity contribution is 5.89. The zero-order valence-corrected chi connectivity index (χ0v) is 8.50. The average molecular weight is 214 g/mol. The molecular formula is C8H14N4O3. The van der Waals surface area contributed by atoms with Crippen molar-refractivity contribution in [3.05, 3.63) is 0 Å². The molecule has 0 aliphatic carbocycles. The van der Waals surface area contributed by atoms with Crippen LogP contribution in [0.2, 0.25) is 0 Å². The Morgan fingerprint density at radius 1 is 1.47 bits per heavy atom. The van der Waals surface area contributed by atoms with Gasteiger partial charge in [-0.15, -0.1) is 0 Å². The Bertz CT molecular complexity index is 279. The van der Waals surface area contributed by atoms with Crippen LogP contribution in [0, 0.1) is 0 Å². The van der Waals surface area contributed by atoms with Gasteiger partial charge in [-0.1, -0.05) is 0 Å². The van der Waals surface area contributed by atoms with Crippen molar-refractivity contribution in [1.82, 2.24) is 21.3 Å². The fraction of sp³-hybridized carbons (Fsp3) is 0.625. The van der Waals surface area contributed by atoms with Crippen molar-refractivity contribution in [2.75, 3.05) is 13.1 Å². The molecule has 1 rings (SSSR count). The zero-order valence-electron chi connectivity index (χ0n) is 8.50. The molecule has 0 unspecified atom stereocenters. The minimum absolute atomic E-state index is 0.112. The molecule has 0 atom stereocenters. The Hall–Kier alpha value is -1.63. The van der Waals surface area contributed by atoms with E-state index in [1.54, 1.807) is 0 Å². The van der Waals surface area contributed by atoms with Crippen molar-refractivity contribution in [1.29, 1.82) is 0 Å². The second-order valence-electron chi connectivity index (χ2n) is 3.19. The normalized spacial score (nSPS) is 16.2. The van der Waals surface area contributed by atoms with Gasteiger partial charge in [-0.2, -0.15) is 0 Å². The first-order valence-corrected chi connectivity index (χ1v) is 4.69. The molecule has 0 saturated carbocycles. The van der Waals surface area contributed by atoms with Crippen LogP contribution in [0.3, 0.4) is 0 Å². The van der Waals surface area contributed by atoms with E-state index in [0.29, 0.717) is 13.1 Å². The lowest BCUT2D eigenvalue weighted by Gasteiger charge is -2.27. The number of carbonyl (C=O) groups excluding carboxylic acids is 3. The Balaban J connectivity index is 2.21. The van der Waals surface area contributed by atoms with Gasteiger partial charge in [0, 0.05) is 26.3 Å². The van der Waals surface area contributed by atoms with E-state index in [4.69, 9.17) is 0 Å². The van der Waals surface area contributed by atoms with Crippen molar-refractivity contribution in [3.63, 3.8) is 0 Å². The van der Waals surface area contributed by atoms with E-state index in [2.05, 4.69) is 16.3 Å². The summed E-state index contributed by atoms with van der Waals surface area (Å²) in [5.74, 6) is -0.475. The lowest BCUT2D eigenvalue weighted by atomic mass is 10.2. The highest BCUT2D eigenvalue weighted by Gasteiger charge is 2.21. The lowest BCUT2D eigenvalue weighted by molar-refractivity contribution is -0.147. The number of hydrogen-bond donors (Lipinski definition) is 3. The van der Waals surface area contributed by atoms with Crippen LogP contribution in [-0.4, -0.2) is 35.8 Å². The largest absolute Gasteiger partial charge is 0.292 e. The summed E-state index contributed by atoms with van der Waals surface area (Å²) in [5.41, 5.74) is 7.44. The predicted octanol–water partition coefficient (Wildman–Crippen LogP) is -1.72. The molecule has 1 fully saturated rings. The molecule has 0 radical (unpaired) electrons. The number of carbonyl (C=O) groups is 3. The summed E-state index contributed by atoms with van der Waals surface area (Å²) in [6, 6.07) is 0. The molecule has 3 N–H and O–H groups in total. The maximum Gasteiger partial charge on any atom is 0.241 e. The molecule has 1 saturated heterocycles. The van der Waals surface area contributed by atoms with Gasteiger partial charge >= 0.3 is 0 Å². The number of hydrogen-bond acceptors (Lipinski definition) is 4. The number of rotatable bonds is 4. The topological polar surface area (TPSA) is 90.5 Å². The Morgan fingerprint density at radius 2 is 2.20 bits per heavy atom. The molecule has 1 aliphatic heterocycles. The van der Waals surface area contributed by atoms with E-state index in [-0.39, 0.29) is 30.6 Å². The second kappa shape index (κ2) is 5.30. The van der Waals surface area contributed by atoms with Gasteiger partial charge in [0.1, 0.15) is 0 Å². The van der Waals surface area contributed by atoms with Crippen LogP contribution in [0.5, 0.6) is 0 Å². The standard InChI is InChI=1S/C8H14N4O3/c1-6(13)10-9-4-5-12-8(15)3-2-7(14)11-12/h9H,2-5H2,1H3,(H,10,13)(H,11,14). The predicted molar refractivity (Wildman–Crippen MR) is 50.9 cm³/mol. The molecule has 1 aliphatic rings. The molecule has 7 heteroatoms. The fourth-order valence-corrected chi connectivity index (χ4v) is 1.16. The van der Waals surface area contributed by atoms with E-state index in [9.17, 15) is 14.4 Å². The Morgan fingerprint density at radius 3 is 2.87 bits per heavy atom. The highest BCUT2D eigenvalue weighted by Crippen LogP contribution is 2.01. The first-order valence-electron chi connectivity index (χ1n) is 4.69. The molecule has 0 aromatic rings. The Kier molecular flexibility index (Phi) is 4.04. The molecule has 15 heavy (non-hydrogen) atoms. The van der Waals surface area contributed by atoms with Crippen molar-refractivity contribution >= 4 is 17.7 Å². The first-order chi connectivity index (χ1) is 7.09. The van der Waals surface area contributed by atoms with E-state index >= 15 is 0 Å². The van der Waals surface area contributed by atoms with Gasteiger partial charge in [0.15, 0.2) is 0 Å². The summed E-state index contributed by atoms with van der Waals surface area (Å²) >= 11 is 0. The zero-order chi connectivity index (χ0) is 11.3. The summed E-state index contributed by atoms with van der Waals surface area (Å²) < 4.78 is 0. The summed E-state index contributed by atoms with van der Waals surface area (Å²) in [6.45, 7) is 2.08. The summed E-state index contributed by atoms with van der Waals surface area (Å²) in [4.78, 5) is 32.7. The molecule has 0 aromatic carbocycles. The van der Waals surface area contributed by atoms with E-state index in [0.717, 1.165) is 0 Å². The van der Waals surface area contributed by atoms with E-state index < -0.39 is 0 Å². The summed E-state index contributed by atoms with van der Waals surface area (Å²) in [7, 11) is 0. The maximum absolute atomic E-state index is 11.3. The van der Waals surface area contributed by atoms with Crippen LogP contribution >= 0.6 is 0 Å². The van der Waals surface area contributed by atoms with Crippen LogP contribution in [0.1, 0.15) is 19.8 Å². The van der Waals surface area contributed by atoms with Gasteiger partial charge in [0.05, 0.1) is 6.54 Å². The maximum atomic E-state index is 11.3. The summed E-state index contributed by atoms with van der Waals surface area (Å²) in [6.07, 6.45) is 0.487.